The third kappa shape index (κ3) is 5.00. The smallest absolute Gasteiger partial charge is 0.176 e. The maximum atomic E-state index is 9.48. The van der Waals surface area contributed by atoms with Gasteiger partial charge in [-0.3, -0.25) is 9.89 Å². The van der Waals surface area contributed by atoms with Gasteiger partial charge < -0.3 is 4.57 Å². The van der Waals surface area contributed by atoms with E-state index >= 15 is 0 Å². The Kier molecular flexibility index (Phi) is 7.34. The normalized spacial score (nSPS) is 15.3. The second-order valence-electron chi connectivity index (χ2n) is 7.20. The summed E-state index contributed by atoms with van der Waals surface area (Å²) < 4.78 is 2.04. The number of piperidine rings is 1. The zero-order valence-electron chi connectivity index (χ0n) is 16.4. The van der Waals surface area contributed by atoms with E-state index in [4.69, 9.17) is 23.2 Å². The molecule has 0 bridgehead atoms. The van der Waals surface area contributed by atoms with Crippen LogP contribution in [0.1, 0.15) is 36.1 Å². The predicted molar refractivity (Wildman–Crippen MR) is 116 cm³/mol. The molecule has 29 heavy (non-hydrogen) atoms. The Hall–Kier alpha value is -2.31. The van der Waals surface area contributed by atoms with Gasteiger partial charge in [0.2, 0.25) is 0 Å². The molecule has 0 radical (unpaired) electrons. The van der Waals surface area contributed by atoms with E-state index in [0.717, 1.165) is 36.5 Å². The molecule has 1 fully saturated rings. The van der Waals surface area contributed by atoms with Crippen molar-refractivity contribution in [2.24, 2.45) is 10.9 Å². The molecule has 0 unspecified atom stereocenters. The number of hydrogen-bond donors (Lipinski definition) is 0. The quantitative estimate of drug-likeness (QED) is 0.614. The summed E-state index contributed by atoms with van der Waals surface area (Å²) in [6.45, 7) is 3.47. The third-order valence-corrected chi connectivity index (χ3v) is 5.98. The molecule has 1 aromatic heterocycles. The first-order chi connectivity index (χ1) is 14.1. The van der Waals surface area contributed by atoms with Gasteiger partial charge in [-0.2, -0.15) is 10.5 Å². The summed E-state index contributed by atoms with van der Waals surface area (Å²) in [4.78, 5) is 6.77. The van der Waals surface area contributed by atoms with Crippen LogP contribution < -0.4 is 0 Å². The summed E-state index contributed by atoms with van der Waals surface area (Å²) in [7, 11) is 1.64. The number of aromatic nitrogens is 1. The number of benzene rings is 1. The molecular weight excluding hydrogens is 405 g/mol. The Labute approximate surface area is 181 Å². The van der Waals surface area contributed by atoms with Gasteiger partial charge >= 0.3 is 0 Å². The Balaban J connectivity index is 1.99. The van der Waals surface area contributed by atoms with Crippen LogP contribution >= 0.6 is 23.2 Å². The number of likely N-dealkylation sites (tertiary alicyclic amines) is 1. The maximum Gasteiger partial charge on any atom is 0.176 e. The molecule has 3 rings (SSSR count). The molecule has 2 aromatic rings. The highest BCUT2D eigenvalue weighted by Gasteiger charge is 2.24. The Morgan fingerprint density at radius 1 is 1.07 bits per heavy atom. The van der Waals surface area contributed by atoms with E-state index in [2.05, 4.69) is 28.1 Å². The van der Waals surface area contributed by atoms with E-state index < -0.39 is 5.92 Å². The van der Waals surface area contributed by atoms with Crippen molar-refractivity contribution in [2.45, 2.75) is 32.4 Å². The van der Waals surface area contributed by atoms with Gasteiger partial charge in [0.1, 0.15) is 0 Å². The monoisotopic (exact) mass is 427 g/mol. The third-order valence-electron chi connectivity index (χ3n) is 5.24. The zero-order valence-corrected chi connectivity index (χ0v) is 17.9. The fourth-order valence-electron chi connectivity index (χ4n) is 3.80. The van der Waals surface area contributed by atoms with Gasteiger partial charge in [-0.25, -0.2) is 0 Å². The summed E-state index contributed by atoms with van der Waals surface area (Å²) in [6.07, 6.45) is 5.67. The number of aliphatic imine (C=N–C) groups is 1. The second kappa shape index (κ2) is 9.94. The number of hydrogen-bond acceptors (Lipinski definition) is 4. The van der Waals surface area contributed by atoms with Gasteiger partial charge in [0, 0.05) is 26.3 Å². The number of rotatable bonds is 6. The predicted octanol–water partition coefficient (Wildman–Crippen LogP) is 4.91. The summed E-state index contributed by atoms with van der Waals surface area (Å²) in [5.74, 6) is -0.914. The molecule has 0 N–H and O–H groups in total. The van der Waals surface area contributed by atoms with E-state index in [-0.39, 0.29) is 0 Å². The molecule has 0 amide bonds. The number of halogens is 2. The molecular formula is C22H23Cl2N5. The van der Waals surface area contributed by atoms with Crippen molar-refractivity contribution in [1.29, 1.82) is 10.5 Å². The van der Waals surface area contributed by atoms with E-state index in [1.54, 1.807) is 13.1 Å². The lowest BCUT2D eigenvalue weighted by Gasteiger charge is -2.27. The van der Waals surface area contributed by atoms with Crippen molar-refractivity contribution in [3.63, 3.8) is 0 Å². The van der Waals surface area contributed by atoms with E-state index in [1.165, 1.54) is 19.3 Å². The van der Waals surface area contributed by atoms with Gasteiger partial charge in [0.15, 0.2) is 5.92 Å². The van der Waals surface area contributed by atoms with Gasteiger partial charge in [-0.1, -0.05) is 35.7 Å². The molecule has 150 valence electrons. The van der Waals surface area contributed by atoms with E-state index in [9.17, 15) is 10.5 Å². The summed E-state index contributed by atoms with van der Waals surface area (Å²) in [6, 6.07) is 11.8. The van der Waals surface area contributed by atoms with Crippen LogP contribution in [0.4, 0.5) is 0 Å². The average molecular weight is 428 g/mol. The topological polar surface area (TPSA) is 68.1 Å². The Bertz CT molecular complexity index is 960. The largest absolute Gasteiger partial charge is 0.342 e. The van der Waals surface area contributed by atoms with Crippen LogP contribution in [0.2, 0.25) is 10.0 Å². The highest BCUT2D eigenvalue weighted by molar-refractivity contribution is 6.42. The fourth-order valence-corrected chi connectivity index (χ4v) is 4.13. The molecule has 1 aliphatic rings. The van der Waals surface area contributed by atoms with Gasteiger partial charge in [-0.05, 0) is 55.3 Å². The van der Waals surface area contributed by atoms with Crippen LogP contribution in [0.25, 0.3) is 0 Å². The standard InChI is InChI=1S/C22H23Cl2N5/c1-27-21(18(12-25)13-26)22-17(15-28-8-3-2-4-9-28)7-10-29(22)14-16-5-6-19(23)20(24)11-16/h5-7,10-11,18H,2-4,8-9,14-15H2,1H3. The SMILES string of the molecule is CN=C(c1c(CN2CCCCC2)ccn1Cc1ccc(Cl)c(Cl)c1)C(C#N)C#N. The summed E-state index contributed by atoms with van der Waals surface area (Å²) in [5, 5.41) is 20.0. The molecule has 0 saturated carbocycles. The van der Waals surface area contributed by atoms with Crippen LogP contribution in [0, 0.1) is 28.6 Å². The molecule has 5 nitrogen and oxygen atoms in total. The highest BCUT2D eigenvalue weighted by atomic mass is 35.5. The van der Waals surface area contributed by atoms with Crippen LogP contribution in [-0.2, 0) is 13.1 Å². The zero-order chi connectivity index (χ0) is 20.8. The van der Waals surface area contributed by atoms with Gasteiger partial charge in [0.05, 0.1) is 33.6 Å². The minimum absolute atomic E-state index is 0.503. The summed E-state index contributed by atoms with van der Waals surface area (Å²) >= 11 is 12.2. The molecule has 0 aliphatic carbocycles. The summed E-state index contributed by atoms with van der Waals surface area (Å²) in [5.41, 5.74) is 3.43. The van der Waals surface area contributed by atoms with Gasteiger partial charge in [0.25, 0.3) is 0 Å². The molecule has 1 saturated heterocycles. The van der Waals surface area contributed by atoms with Crippen LogP contribution in [-0.4, -0.2) is 35.3 Å². The Morgan fingerprint density at radius 3 is 2.41 bits per heavy atom. The van der Waals surface area contributed by atoms with Crippen molar-refractivity contribution in [3.8, 4) is 12.1 Å². The minimum atomic E-state index is -0.914. The molecule has 1 aliphatic heterocycles. The van der Waals surface area contributed by atoms with E-state index in [0.29, 0.717) is 22.3 Å². The van der Waals surface area contributed by atoms with E-state index in [1.807, 2.05) is 22.9 Å². The molecule has 7 heteroatoms. The van der Waals surface area contributed by atoms with Crippen LogP contribution in [0.3, 0.4) is 0 Å². The maximum absolute atomic E-state index is 9.48. The first-order valence-corrected chi connectivity index (χ1v) is 10.4. The lowest BCUT2D eigenvalue weighted by atomic mass is 9.99. The van der Waals surface area contributed by atoms with Gasteiger partial charge in [-0.15, -0.1) is 0 Å². The molecule has 0 atom stereocenters. The van der Waals surface area contributed by atoms with Crippen LogP contribution in [0.5, 0.6) is 0 Å². The minimum Gasteiger partial charge on any atom is -0.342 e. The van der Waals surface area contributed by atoms with Crippen molar-refractivity contribution >= 4 is 28.9 Å². The highest BCUT2D eigenvalue weighted by Crippen LogP contribution is 2.25. The second-order valence-corrected chi connectivity index (χ2v) is 8.02. The number of nitrogens with zero attached hydrogens (tertiary/aromatic N) is 5. The lowest BCUT2D eigenvalue weighted by molar-refractivity contribution is 0.221. The average Bonchev–Trinajstić information content (AvgIpc) is 3.11. The van der Waals surface area contributed by atoms with Crippen molar-refractivity contribution in [3.05, 3.63) is 57.3 Å². The first kappa shape index (κ1) is 21.4. The molecule has 0 spiro atoms. The van der Waals surface area contributed by atoms with Crippen LogP contribution in [0.15, 0.2) is 35.5 Å². The van der Waals surface area contributed by atoms with Crippen molar-refractivity contribution in [1.82, 2.24) is 9.47 Å². The molecule has 1 aromatic carbocycles. The van der Waals surface area contributed by atoms with Crippen molar-refractivity contribution in [2.75, 3.05) is 20.1 Å². The fraction of sp³-hybridized carbons (Fsp3) is 0.409. The van der Waals surface area contributed by atoms with Crippen molar-refractivity contribution < 1.29 is 0 Å². The lowest BCUT2D eigenvalue weighted by Crippen LogP contribution is -2.30. The molecule has 2 heterocycles. The Morgan fingerprint density at radius 2 is 1.79 bits per heavy atom. The first-order valence-electron chi connectivity index (χ1n) is 9.68. The number of nitriles is 2.